The molecular weight excluding hydrogens is 212 g/mol. The third-order valence-electron chi connectivity index (χ3n) is 2.93. The molecule has 0 N–H and O–H groups in total. The highest BCUT2D eigenvalue weighted by atomic mass is 16.1. The van der Waals surface area contributed by atoms with E-state index in [-0.39, 0.29) is 11.7 Å². The Kier molecular flexibility index (Phi) is 3.38. The van der Waals surface area contributed by atoms with Gasteiger partial charge in [0.2, 0.25) is 0 Å². The van der Waals surface area contributed by atoms with E-state index in [1.54, 1.807) is 10.9 Å². The molecule has 0 spiro atoms. The number of hydrogen-bond donors (Lipinski definition) is 0. The van der Waals surface area contributed by atoms with E-state index in [4.69, 9.17) is 0 Å². The van der Waals surface area contributed by atoms with E-state index < -0.39 is 0 Å². The molecule has 1 unspecified atom stereocenters. The van der Waals surface area contributed by atoms with Crippen molar-refractivity contribution in [1.29, 1.82) is 0 Å². The van der Waals surface area contributed by atoms with Crippen LogP contribution in [0.3, 0.4) is 0 Å². The number of carbonyl (C=O) groups excluding carboxylic acids is 1. The first-order chi connectivity index (χ1) is 8.22. The topological polar surface area (TPSA) is 34.9 Å². The highest BCUT2D eigenvalue weighted by molar-refractivity contribution is 6.00. The predicted molar refractivity (Wildman–Crippen MR) is 67.1 cm³/mol. The van der Waals surface area contributed by atoms with Crippen molar-refractivity contribution >= 4 is 5.78 Å². The van der Waals surface area contributed by atoms with E-state index in [1.807, 2.05) is 50.4 Å². The van der Waals surface area contributed by atoms with Gasteiger partial charge in [-0.2, -0.15) is 5.10 Å². The van der Waals surface area contributed by atoms with Gasteiger partial charge in [0.1, 0.15) is 0 Å². The molecule has 0 bridgehead atoms. The third kappa shape index (κ3) is 2.44. The first-order valence-corrected chi connectivity index (χ1v) is 5.84. The molecule has 3 heteroatoms. The fraction of sp³-hybridized carbons (Fsp3) is 0.286. The maximum Gasteiger partial charge on any atom is 0.173 e. The summed E-state index contributed by atoms with van der Waals surface area (Å²) in [5, 5.41) is 4.13. The average molecular weight is 228 g/mol. The molecular formula is C14H16N2O. The minimum atomic E-state index is -0.120. The summed E-state index contributed by atoms with van der Waals surface area (Å²) >= 11 is 0. The Hall–Kier alpha value is -1.90. The Morgan fingerprint density at radius 2 is 2.06 bits per heavy atom. The second kappa shape index (κ2) is 4.95. The Morgan fingerprint density at radius 1 is 1.35 bits per heavy atom. The van der Waals surface area contributed by atoms with Crippen LogP contribution in [-0.4, -0.2) is 15.6 Å². The van der Waals surface area contributed by atoms with Gasteiger partial charge in [-0.1, -0.05) is 37.3 Å². The molecule has 0 aliphatic heterocycles. The molecule has 1 atom stereocenters. The predicted octanol–water partition coefficient (Wildman–Crippen LogP) is 2.89. The Balaban J connectivity index is 2.20. The van der Waals surface area contributed by atoms with Gasteiger partial charge < -0.3 is 0 Å². The average Bonchev–Trinajstić information content (AvgIpc) is 2.87. The molecule has 1 heterocycles. The fourth-order valence-electron chi connectivity index (χ4n) is 1.81. The van der Waals surface area contributed by atoms with Crippen molar-refractivity contribution < 1.29 is 4.79 Å². The van der Waals surface area contributed by atoms with Gasteiger partial charge in [0.15, 0.2) is 5.78 Å². The summed E-state index contributed by atoms with van der Waals surface area (Å²) in [6.07, 6.45) is 3.45. The van der Waals surface area contributed by atoms with Crippen LogP contribution in [0.2, 0.25) is 0 Å². The summed E-state index contributed by atoms with van der Waals surface area (Å²) < 4.78 is 1.77. The number of rotatable bonds is 4. The van der Waals surface area contributed by atoms with E-state index in [2.05, 4.69) is 5.10 Å². The minimum absolute atomic E-state index is 0.120. The van der Waals surface area contributed by atoms with Crippen LogP contribution < -0.4 is 0 Å². The minimum Gasteiger partial charge on any atom is -0.293 e. The van der Waals surface area contributed by atoms with E-state index in [1.165, 1.54) is 0 Å². The lowest BCUT2D eigenvalue weighted by Gasteiger charge is -2.08. The molecule has 0 saturated carbocycles. The molecule has 0 aliphatic rings. The maximum atomic E-state index is 12.2. The molecule has 3 nitrogen and oxygen atoms in total. The summed E-state index contributed by atoms with van der Waals surface area (Å²) in [5.41, 5.74) is 1.73. The zero-order chi connectivity index (χ0) is 12.3. The molecule has 0 saturated heterocycles. The van der Waals surface area contributed by atoms with Crippen molar-refractivity contribution in [3.63, 3.8) is 0 Å². The van der Waals surface area contributed by atoms with Crippen LogP contribution >= 0.6 is 0 Å². The van der Waals surface area contributed by atoms with Crippen molar-refractivity contribution in [2.24, 2.45) is 0 Å². The van der Waals surface area contributed by atoms with E-state index in [9.17, 15) is 4.79 Å². The van der Waals surface area contributed by atoms with Crippen LogP contribution in [0.4, 0.5) is 0 Å². The normalized spacial score (nSPS) is 12.4. The van der Waals surface area contributed by atoms with Gasteiger partial charge in [0.05, 0.1) is 11.8 Å². The van der Waals surface area contributed by atoms with Crippen LogP contribution in [-0.2, 0) is 6.54 Å². The number of nitrogens with zero attached hydrogens (tertiary/aromatic N) is 2. The molecule has 2 rings (SSSR count). The van der Waals surface area contributed by atoms with Gasteiger partial charge in [-0.05, 0) is 12.5 Å². The third-order valence-corrected chi connectivity index (χ3v) is 2.93. The van der Waals surface area contributed by atoms with Crippen LogP contribution in [0, 0.1) is 0 Å². The van der Waals surface area contributed by atoms with Crippen LogP contribution in [0.1, 0.15) is 35.7 Å². The van der Waals surface area contributed by atoms with Crippen LogP contribution in [0.15, 0.2) is 42.7 Å². The van der Waals surface area contributed by atoms with Gasteiger partial charge in [-0.15, -0.1) is 0 Å². The first-order valence-electron chi connectivity index (χ1n) is 5.84. The number of ketones is 1. The number of aromatic nitrogens is 2. The first kappa shape index (κ1) is 11.6. The molecule has 0 fully saturated rings. The maximum absolute atomic E-state index is 12.2. The molecule has 88 valence electrons. The smallest absolute Gasteiger partial charge is 0.173 e. The monoisotopic (exact) mass is 228 g/mol. The Labute approximate surface area is 101 Å². The van der Waals surface area contributed by atoms with Crippen molar-refractivity contribution in [2.75, 3.05) is 0 Å². The molecule has 0 aliphatic carbocycles. The molecule has 0 amide bonds. The van der Waals surface area contributed by atoms with Crippen molar-refractivity contribution in [3.8, 4) is 0 Å². The molecule has 17 heavy (non-hydrogen) atoms. The summed E-state index contributed by atoms with van der Waals surface area (Å²) in [6, 6.07) is 9.82. The van der Waals surface area contributed by atoms with Gasteiger partial charge in [0.25, 0.3) is 0 Å². The summed E-state index contributed by atoms with van der Waals surface area (Å²) in [5.74, 6) is 0.00149. The summed E-state index contributed by atoms with van der Waals surface area (Å²) in [7, 11) is 0. The standard InChI is InChI=1S/C14H16N2O/c1-3-16-10-13(9-15-16)14(17)11(2)12-7-5-4-6-8-12/h4-11H,3H2,1-2H3. The number of benzene rings is 1. The zero-order valence-electron chi connectivity index (χ0n) is 10.1. The quantitative estimate of drug-likeness (QED) is 0.754. The van der Waals surface area contributed by atoms with Crippen molar-refractivity contribution in [2.45, 2.75) is 26.3 Å². The lowest BCUT2D eigenvalue weighted by atomic mass is 9.94. The van der Waals surface area contributed by atoms with E-state index >= 15 is 0 Å². The molecule has 0 radical (unpaired) electrons. The zero-order valence-corrected chi connectivity index (χ0v) is 10.1. The van der Waals surface area contributed by atoms with Crippen LogP contribution in [0.5, 0.6) is 0 Å². The summed E-state index contributed by atoms with van der Waals surface area (Å²) in [6.45, 7) is 4.72. The highest BCUT2D eigenvalue weighted by Crippen LogP contribution is 2.19. The molecule has 2 aromatic rings. The number of hydrogen-bond acceptors (Lipinski definition) is 2. The number of aryl methyl sites for hydroxylation is 1. The number of Topliss-reactive ketones (excluding diaryl/α,β-unsaturated/α-hetero) is 1. The highest BCUT2D eigenvalue weighted by Gasteiger charge is 2.18. The summed E-state index contributed by atoms with van der Waals surface area (Å²) in [4.78, 5) is 12.2. The lowest BCUT2D eigenvalue weighted by Crippen LogP contribution is -2.08. The van der Waals surface area contributed by atoms with Gasteiger partial charge in [-0.25, -0.2) is 0 Å². The van der Waals surface area contributed by atoms with Crippen molar-refractivity contribution in [3.05, 3.63) is 53.9 Å². The van der Waals surface area contributed by atoms with Crippen molar-refractivity contribution in [1.82, 2.24) is 9.78 Å². The second-order valence-electron chi connectivity index (χ2n) is 4.08. The number of carbonyl (C=O) groups is 1. The van der Waals surface area contributed by atoms with Gasteiger partial charge in [0, 0.05) is 18.7 Å². The Morgan fingerprint density at radius 3 is 2.65 bits per heavy atom. The van der Waals surface area contributed by atoms with Gasteiger partial charge >= 0.3 is 0 Å². The SMILES string of the molecule is CCn1cc(C(=O)C(C)c2ccccc2)cn1. The lowest BCUT2D eigenvalue weighted by molar-refractivity contribution is 0.0966. The van der Waals surface area contributed by atoms with Crippen LogP contribution in [0.25, 0.3) is 0 Å². The van der Waals surface area contributed by atoms with E-state index in [0.717, 1.165) is 12.1 Å². The molecule has 1 aromatic carbocycles. The molecule has 1 aromatic heterocycles. The largest absolute Gasteiger partial charge is 0.293 e. The van der Waals surface area contributed by atoms with Gasteiger partial charge in [-0.3, -0.25) is 9.48 Å². The Bertz CT molecular complexity index is 502. The fourth-order valence-corrected chi connectivity index (χ4v) is 1.81. The second-order valence-corrected chi connectivity index (χ2v) is 4.08. The van der Waals surface area contributed by atoms with E-state index in [0.29, 0.717) is 5.56 Å².